The van der Waals surface area contributed by atoms with Gasteiger partial charge in [0.1, 0.15) is 5.82 Å². The number of aromatic nitrogens is 1. The van der Waals surface area contributed by atoms with Gasteiger partial charge in [-0.05, 0) is 30.0 Å². The SMILES string of the molecule is CC(C)c1ncoc1C(=O)NCCc1ccc(F)cc1. The zero-order valence-electron chi connectivity index (χ0n) is 11.5. The minimum atomic E-state index is -0.270. The summed E-state index contributed by atoms with van der Waals surface area (Å²) >= 11 is 0. The summed E-state index contributed by atoms with van der Waals surface area (Å²) in [5, 5.41) is 2.78. The van der Waals surface area contributed by atoms with Gasteiger partial charge in [0, 0.05) is 6.54 Å². The molecule has 0 unspecified atom stereocenters. The minimum Gasteiger partial charge on any atom is -0.438 e. The topological polar surface area (TPSA) is 55.1 Å². The number of oxazole rings is 1. The lowest BCUT2D eigenvalue weighted by Crippen LogP contribution is -2.26. The fourth-order valence-corrected chi connectivity index (χ4v) is 1.89. The van der Waals surface area contributed by atoms with Crippen molar-refractivity contribution in [3.05, 3.63) is 53.5 Å². The third kappa shape index (κ3) is 3.44. The molecule has 0 spiro atoms. The van der Waals surface area contributed by atoms with E-state index >= 15 is 0 Å². The van der Waals surface area contributed by atoms with E-state index in [1.54, 1.807) is 12.1 Å². The second kappa shape index (κ2) is 6.32. The summed E-state index contributed by atoms with van der Waals surface area (Å²) in [5.74, 6) is -0.139. The number of rotatable bonds is 5. The zero-order valence-corrected chi connectivity index (χ0v) is 11.5. The van der Waals surface area contributed by atoms with E-state index in [4.69, 9.17) is 4.42 Å². The normalized spacial score (nSPS) is 10.8. The van der Waals surface area contributed by atoms with Gasteiger partial charge in [0.2, 0.25) is 5.76 Å². The van der Waals surface area contributed by atoms with Gasteiger partial charge in [0.05, 0.1) is 5.69 Å². The van der Waals surface area contributed by atoms with Gasteiger partial charge < -0.3 is 9.73 Å². The Kier molecular flexibility index (Phi) is 4.50. The van der Waals surface area contributed by atoms with Gasteiger partial charge in [0.15, 0.2) is 6.39 Å². The predicted octanol–water partition coefficient (Wildman–Crippen LogP) is 2.91. The van der Waals surface area contributed by atoms with Crippen molar-refractivity contribution in [1.29, 1.82) is 0 Å². The lowest BCUT2D eigenvalue weighted by Gasteiger charge is -2.06. The Morgan fingerprint density at radius 2 is 2.05 bits per heavy atom. The molecule has 0 aliphatic heterocycles. The summed E-state index contributed by atoms with van der Waals surface area (Å²) in [6, 6.07) is 6.22. The molecule has 0 bridgehead atoms. The van der Waals surface area contributed by atoms with Crippen LogP contribution in [0.5, 0.6) is 0 Å². The van der Waals surface area contributed by atoms with Crippen molar-refractivity contribution in [3.63, 3.8) is 0 Å². The molecule has 4 nitrogen and oxygen atoms in total. The molecule has 1 N–H and O–H groups in total. The van der Waals surface area contributed by atoms with Crippen molar-refractivity contribution in [1.82, 2.24) is 10.3 Å². The molecule has 1 amide bonds. The van der Waals surface area contributed by atoms with E-state index in [1.165, 1.54) is 18.5 Å². The van der Waals surface area contributed by atoms with Gasteiger partial charge >= 0.3 is 0 Å². The Morgan fingerprint density at radius 1 is 1.35 bits per heavy atom. The average molecular weight is 276 g/mol. The largest absolute Gasteiger partial charge is 0.438 e. The molecule has 0 aliphatic carbocycles. The fraction of sp³-hybridized carbons (Fsp3) is 0.333. The second-order valence-electron chi connectivity index (χ2n) is 4.85. The van der Waals surface area contributed by atoms with Crippen LogP contribution in [-0.4, -0.2) is 17.4 Å². The monoisotopic (exact) mass is 276 g/mol. The minimum absolute atomic E-state index is 0.131. The first-order chi connectivity index (χ1) is 9.58. The number of nitrogens with one attached hydrogen (secondary N) is 1. The molecule has 0 fully saturated rings. The maximum absolute atomic E-state index is 12.8. The Labute approximate surface area is 117 Å². The summed E-state index contributed by atoms with van der Waals surface area (Å²) in [7, 11) is 0. The summed E-state index contributed by atoms with van der Waals surface area (Å²) in [6.07, 6.45) is 1.92. The van der Waals surface area contributed by atoms with E-state index in [2.05, 4.69) is 10.3 Å². The van der Waals surface area contributed by atoms with Gasteiger partial charge in [-0.1, -0.05) is 26.0 Å². The predicted molar refractivity (Wildman–Crippen MR) is 73.0 cm³/mol. The molecule has 0 radical (unpaired) electrons. The third-order valence-corrected chi connectivity index (χ3v) is 2.96. The maximum Gasteiger partial charge on any atom is 0.289 e. The van der Waals surface area contributed by atoms with E-state index in [-0.39, 0.29) is 23.4 Å². The molecule has 0 saturated carbocycles. The molecule has 2 aromatic rings. The maximum atomic E-state index is 12.8. The number of hydrogen-bond donors (Lipinski definition) is 1. The van der Waals surface area contributed by atoms with Crippen LogP contribution in [0.3, 0.4) is 0 Å². The number of carbonyl (C=O) groups excluding carboxylic acids is 1. The highest BCUT2D eigenvalue weighted by atomic mass is 19.1. The molecule has 0 saturated heterocycles. The zero-order chi connectivity index (χ0) is 14.5. The molecular formula is C15H17FN2O2. The van der Waals surface area contributed by atoms with Crippen LogP contribution >= 0.6 is 0 Å². The molecule has 0 atom stereocenters. The third-order valence-electron chi connectivity index (χ3n) is 2.96. The highest BCUT2D eigenvalue weighted by Crippen LogP contribution is 2.17. The van der Waals surface area contributed by atoms with Crippen LogP contribution in [0.4, 0.5) is 4.39 Å². The summed E-state index contributed by atoms with van der Waals surface area (Å²) < 4.78 is 17.9. The van der Waals surface area contributed by atoms with Crippen LogP contribution in [0.2, 0.25) is 0 Å². The van der Waals surface area contributed by atoms with Crippen LogP contribution in [-0.2, 0) is 6.42 Å². The lowest BCUT2D eigenvalue weighted by atomic mass is 10.1. The Bertz CT molecular complexity index is 576. The molecule has 0 aliphatic rings. The van der Waals surface area contributed by atoms with Crippen molar-refractivity contribution in [2.45, 2.75) is 26.2 Å². The molecule has 1 aromatic carbocycles. The number of amides is 1. The van der Waals surface area contributed by atoms with E-state index < -0.39 is 0 Å². The average Bonchev–Trinajstić information content (AvgIpc) is 2.90. The molecule has 20 heavy (non-hydrogen) atoms. The van der Waals surface area contributed by atoms with Crippen molar-refractivity contribution in [2.24, 2.45) is 0 Å². The van der Waals surface area contributed by atoms with E-state index in [9.17, 15) is 9.18 Å². The van der Waals surface area contributed by atoms with Crippen LogP contribution in [0.25, 0.3) is 0 Å². The molecular weight excluding hydrogens is 259 g/mol. The van der Waals surface area contributed by atoms with Gasteiger partial charge in [0.25, 0.3) is 5.91 Å². The molecule has 106 valence electrons. The van der Waals surface area contributed by atoms with E-state index in [1.807, 2.05) is 13.8 Å². The number of benzene rings is 1. The van der Waals surface area contributed by atoms with Gasteiger partial charge in [-0.3, -0.25) is 4.79 Å². The standard InChI is InChI=1S/C15H17FN2O2/c1-10(2)13-14(20-9-18-13)15(19)17-8-7-11-3-5-12(16)6-4-11/h3-6,9-10H,7-8H2,1-2H3,(H,17,19). The van der Waals surface area contributed by atoms with Crippen molar-refractivity contribution in [2.75, 3.05) is 6.54 Å². The first kappa shape index (κ1) is 14.2. The van der Waals surface area contributed by atoms with E-state index in [0.717, 1.165) is 5.56 Å². The first-order valence-corrected chi connectivity index (χ1v) is 6.54. The Hall–Kier alpha value is -2.17. The number of hydrogen-bond acceptors (Lipinski definition) is 3. The van der Waals surface area contributed by atoms with Crippen LogP contribution in [0, 0.1) is 5.82 Å². The van der Waals surface area contributed by atoms with Gasteiger partial charge in [-0.15, -0.1) is 0 Å². The highest BCUT2D eigenvalue weighted by molar-refractivity contribution is 5.92. The molecule has 5 heteroatoms. The summed E-state index contributed by atoms with van der Waals surface area (Å²) in [5.41, 5.74) is 1.62. The van der Waals surface area contributed by atoms with Crippen molar-refractivity contribution < 1.29 is 13.6 Å². The molecule has 1 aromatic heterocycles. The van der Waals surface area contributed by atoms with Crippen molar-refractivity contribution >= 4 is 5.91 Å². The number of halogens is 1. The van der Waals surface area contributed by atoms with Crippen molar-refractivity contribution in [3.8, 4) is 0 Å². The Balaban J connectivity index is 1.89. The lowest BCUT2D eigenvalue weighted by molar-refractivity contribution is 0.0924. The van der Waals surface area contributed by atoms with Crippen LogP contribution in [0.15, 0.2) is 35.1 Å². The molecule has 1 heterocycles. The molecule has 2 rings (SSSR count). The second-order valence-corrected chi connectivity index (χ2v) is 4.85. The van der Waals surface area contributed by atoms with Crippen LogP contribution in [0.1, 0.15) is 41.6 Å². The van der Waals surface area contributed by atoms with Gasteiger partial charge in [-0.25, -0.2) is 9.37 Å². The first-order valence-electron chi connectivity index (χ1n) is 6.54. The van der Waals surface area contributed by atoms with E-state index in [0.29, 0.717) is 18.7 Å². The quantitative estimate of drug-likeness (QED) is 0.913. The highest BCUT2D eigenvalue weighted by Gasteiger charge is 2.18. The smallest absolute Gasteiger partial charge is 0.289 e. The number of carbonyl (C=O) groups is 1. The summed E-state index contributed by atoms with van der Waals surface area (Å²) in [6.45, 7) is 4.36. The Morgan fingerprint density at radius 3 is 2.70 bits per heavy atom. The van der Waals surface area contributed by atoms with Gasteiger partial charge in [-0.2, -0.15) is 0 Å². The fourth-order valence-electron chi connectivity index (χ4n) is 1.89. The van der Waals surface area contributed by atoms with Crippen LogP contribution < -0.4 is 5.32 Å². The number of nitrogens with zero attached hydrogens (tertiary/aromatic N) is 1. The summed E-state index contributed by atoms with van der Waals surface area (Å²) in [4.78, 5) is 16.0.